The van der Waals surface area contributed by atoms with E-state index in [1.165, 1.54) is 11.0 Å². The van der Waals surface area contributed by atoms with Crippen LogP contribution in [0, 0.1) is 11.2 Å². The van der Waals surface area contributed by atoms with E-state index in [-0.39, 0.29) is 30.8 Å². The van der Waals surface area contributed by atoms with E-state index in [0.29, 0.717) is 12.0 Å². The summed E-state index contributed by atoms with van der Waals surface area (Å²) in [5.74, 6) is -1.05. The van der Waals surface area contributed by atoms with Gasteiger partial charge in [-0.25, -0.2) is 9.37 Å². The summed E-state index contributed by atoms with van der Waals surface area (Å²) in [6, 6.07) is 14.3. The van der Waals surface area contributed by atoms with Crippen molar-refractivity contribution in [2.75, 3.05) is 13.7 Å². The third-order valence-electron chi connectivity index (χ3n) is 5.94. The number of nitrogens with zero attached hydrogens (tertiary/aromatic N) is 2. The summed E-state index contributed by atoms with van der Waals surface area (Å²) < 4.78 is 20.4. The largest absolute Gasteiger partial charge is 0.455 e. The van der Waals surface area contributed by atoms with Crippen molar-refractivity contribution in [3.8, 4) is 0 Å². The molecule has 0 N–H and O–H groups in total. The van der Waals surface area contributed by atoms with Crippen molar-refractivity contribution in [3.63, 3.8) is 0 Å². The van der Waals surface area contributed by atoms with Gasteiger partial charge < -0.3 is 9.64 Å². The fraction of sp³-hybridized carbons (Fsp3) is 0.375. The molecular weight excluding hydrogens is 415 g/mol. The number of thiazole rings is 1. The van der Waals surface area contributed by atoms with Crippen LogP contribution in [0.2, 0.25) is 0 Å². The minimum atomic E-state index is -0.627. The number of hydrogen-bond acceptors (Lipinski definition) is 5. The molecule has 7 heteroatoms. The molecule has 31 heavy (non-hydrogen) atoms. The molecule has 4 rings (SSSR count). The number of esters is 1. The Morgan fingerprint density at radius 1 is 1.13 bits per heavy atom. The Morgan fingerprint density at radius 2 is 1.84 bits per heavy atom. The zero-order valence-corrected chi connectivity index (χ0v) is 18.3. The van der Waals surface area contributed by atoms with Crippen LogP contribution < -0.4 is 0 Å². The SMILES string of the molecule is CN(Cc1ccccc1F)C(=O)COC(=O)C1(Cc2nc3ccccc3s2)CCCC1. The molecular formula is C24H25FN2O3S. The predicted molar refractivity (Wildman–Crippen MR) is 118 cm³/mol. The first-order chi connectivity index (χ1) is 15.0. The molecule has 1 fully saturated rings. The lowest BCUT2D eigenvalue weighted by atomic mass is 9.83. The Labute approximate surface area is 184 Å². The van der Waals surface area contributed by atoms with Gasteiger partial charge in [-0.3, -0.25) is 9.59 Å². The van der Waals surface area contributed by atoms with Crippen LogP contribution in [0.1, 0.15) is 36.3 Å². The average molecular weight is 441 g/mol. The molecule has 5 nitrogen and oxygen atoms in total. The number of benzene rings is 2. The van der Waals surface area contributed by atoms with Gasteiger partial charge in [0.15, 0.2) is 6.61 Å². The third kappa shape index (κ3) is 4.77. The van der Waals surface area contributed by atoms with Crippen LogP contribution in [0.5, 0.6) is 0 Å². The molecule has 1 aliphatic carbocycles. The van der Waals surface area contributed by atoms with E-state index in [2.05, 4.69) is 4.98 Å². The molecule has 0 radical (unpaired) electrons. The van der Waals surface area contributed by atoms with E-state index in [4.69, 9.17) is 4.74 Å². The summed E-state index contributed by atoms with van der Waals surface area (Å²) in [6.45, 7) is -0.217. The van der Waals surface area contributed by atoms with Gasteiger partial charge in [0.05, 0.1) is 20.6 Å². The molecule has 2 aromatic carbocycles. The molecule has 0 unspecified atom stereocenters. The average Bonchev–Trinajstić information content (AvgIpc) is 3.40. The topological polar surface area (TPSA) is 59.5 Å². The molecule has 3 aromatic rings. The second-order valence-corrected chi connectivity index (χ2v) is 9.27. The number of para-hydroxylation sites is 1. The van der Waals surface area contributed by atoms with Crippen LogP contribution in [0.3, 0.4) is 0 Å². The fourth-order valence-electron chi connectivity index (χ4n) is 4.15. The monoisotopic (exact) mass is 440 g/mol. The summed E-state index contributed by atoms with van der Waals surface area (Å²) in [5, 5.41) is 0.919. The van der Waals surface area contributed by atoms with Crippen molar-refractivity contribution in [1.29, 1.82) is 0 Å². The summed E-state index contributed by atoms with van der Waals surface area (Å²) in [7, 11) is 1.58. The Hall–Kier alpha value is -2.80. The fourth-order valence-corrected chi connectivity index (χ4v) is 5.26. The maximum atomic E-state index is 13.8. The molecule has 0 saturated heterocycles. The minimum Gasteiger partial charge on any atom is -0.455 e. The van der Waals surface area contributed by atoms with Crippen LogP contribution in [-0.4, -0.2) is 35.4 Å². The molecule has 1 aromatic heterocycles. The highest BCUT2D eigenvalue weighted by atomic mass is 32.1. The van der Waals surface area contributed by atoms with E-state index < -0.39 is 5.41 Å². The third-order valence-corrected chi connectivity index (χ3v) is 6.98. The van der Waals surface area contributed by atoms with Crippen LogP contribution in [-0.2, 0) is 27.3 Å². The van der Waals surface area contributed by atoms with Crippen LogP contribution >= 0.6 is 11.3 Å². The molecule has 1 amide bonds. The number of rotatable bonds is 7. The van der Waals surface area contributed by atoms with Crippen molar-refractivity contribution < 1.29 is 18.7 Å². The van der Waals surface area contributed by atoms with Crippen LogP contribution in [0.4, 0.5) is 4.39 Å². The number of likely N-dealkylation sites (N-methyl/N-ethyl adjacent to an activating group) is 1. The normalized spacial score (nSPS) is 15.2. The number of hydrogen-bond donors (Lipinski definition) is 0. The number of carbonyl (C=O) groups is 2. The summed E-state index contributed by atoms with van der Waals surface area (Å²) in [6.07, 6.45) is 3.93. The van der Waals surface area contributed by atoms with E-state index in [9.17, 15) is 14.0 Å². The smallest absolute Gasteiger partial charge is 0.313 e. The van der Waals surface area contributed by atoms with Gasteiger partial charge in [-0.2, -0.15) is 0 Å². The summed E-state index contributed by atoms with van der Waals surface area (Å²) >= 11 is 1.60. The lowest BCUT2D eigenvalue weighted by Crippen LogP contribution is -2.36. The highest BCUT2D eigenvalue weighted by molar-refractivity contribution is 7.18. The first-order valence-electron chi connectivity index (χ1n) is 10.5. The molecule has 162 valence electrons. The number of ether oxygens (including phenoxy) is 1. The number of fused-ring (bicyclic) bond motifs is 1. The summed E-state index contributed by atoms with van der Waals surface area (Å²) in [5.41, 5.74) is 0.736. The molecule has 0 bridgehead atoms. The van der Waals surface area contributed by atoms with Gasteiger partial charge in [-0.15, -0.1) is 11.3 Å². The first kappa shape index (κ1) is 21.4. The van der Waals surface area contributed by atoms with Crippen LogP contribution in [0.15, 0.2) is 48.5 Å². The maximum Gasteiger partial charge on any atom is 0.313 e. The van der Waals surface area contributed by atoms with Gasteiger partial charge in [0.25, 0.3) is 5.91 Å². The second-order valence-electron chi connectivity index (χ2n) is 8.16. The Morgan fingerprint density at radius 3 is 2.58 bits per heavy atom. The Balaban J connectivity index is 1.39. The van der Waals surface area contributed by atoms with Crippen molar-refractivity contribution >= 4 is 33.4 Å². The quantitative estimate of drug-likeness (QED) is 0.498. The maximum absolute atomic E-state index is 13.8. The first-order valence-corrected chi connectivity index (χ1v) is 11.3. The van der Waals surface area contributed by atoms with Gasteiger partial charge in [-0.05, 0) is 31.0 Å². The van der Waals surface area contributed by atoms with Gasteiger partial charge in [0.2, 0.25) is 0 Å². The molecule has 1 heterocycles. The van der Waals surface area contributed by atoms with Crippen molar-refractivity contribution in [2.45, 2.75) is 38.6 Å². The second kappa shape index (κ2) is 9.14. The van der Waals surface area contributed by atoms with Crippen molar-refractivity contribution in [1.82, 2.24) is 9.88 Å². The van der Waals surface area contributed by atoms with E-state index in [0.717, 1.165) is 40.9 Å². The standard InChI is InChI=1S/C24H25FN2O3S/c1-27(15-17-8-2-3-9-18(17)25)22(28)16-30-23(29)24(12-6-7-13-24)14-21-26-19-10-4-5-11-20(19)31-21/h2-5,8-11H,6-7,12-16H2,1H3. The molecule has 0 spiro atoms. The van der Waals surface area contributed by atoms with Gasteiger partial charge in [0.1, 0.15) is 5.82 Å². The lowest BCUT2D eigenvalue weighted by Gasteiger charge is -2.26. The van der Waals surface area contributed by atoms with Crippen molar-refractivity contribution in [2.24, 2.45) is 5.41 Å². The van der Waals surface area contributed by atoms with Gasteiger partial charge in [0, 0.05) is 25.6 Å². The number of carbonyl (C=O) groups excluding carboxylic acids is 2. The molecule has 1 saturated carbocycles. The lowest BCUT2D eigenvalue weighted by molar-refractivity contribution is -0.161. The molecule has 0 aliphatic heterocycles. The zero-order valence-electron chi connectivity index (χ0n) is 17.5. The molecule has 0 atom stereocenters. The Bertz CT molecular complexity index is 1060. The molecule has 1 aliphatic rings. The zero-order chi connectivity index (χ0) is 21.8. The summed E-state index contributed by atoms with van der Waals surface area (Å²) in [4.78, 5) is 31.6. The van der Waals surface area contributed by atoms with Crippen LogP contribution in [0.25, 0.3) is 10.2 Å². The minimum absolute atomic E-state index is 0.125. The highest BCUT2D eigenvalue weighted by Crippen LogP contribution is 2.43. The number of amides is 1. The van der Waals surface area contributed by atoms with E-state index in [1.54, 1.807) is 36.6 Å². The number of halogens is 1. The van der Waals surface area contributed by atoms with Crippen molar-refractivity contribution in [3.05, 3.63) is 64.9 Å². The Kier molecular flexibility index (Phi) is 6.32. The van der Waals surface area contributed by atoms with E-state index in [1.807, 2.05) is 24.3 Å². The predicted octanol–water partition coefficient (Wildman–Crippen LogP) is 4.74. The van der Waals surface area contributed by atoms with Gasteiger partial charge in [-0.1, -0.05) is 43.2 Å². The highest BCUT2D eigenvalue weighted by Gasteiger charge is 2.43. The van der Waals surface area contributed by atoms with Gasteiger partial charge >= 0.3 is 5.97 Å². The van der Waals surface area contributed by atoms with E-state index >= 15 is 0 Å². The number of aromatic nitrogens is 1.